The molecule has 2 heterocycles. The van der Waals surface area contributed by atoms with Crippen LogP contribution in [-0.2, 0) is 10.0 Å². The van der Waals surface area contributed by atoms with E-state index < -0.39 is 10.0 Å². The van der Waals surface area contributed by atoms with Crippen molar-refractivity contribution in [2.45, 2.75) is 17.7 Å². The molecule has 1 aliphatic rings. The third-order valence-electron chi connectivity index (χ3n) is 3.58. The van der Waals surface area contributed by atoms with Gasteiger partial charge in [0.15, 0.2) is 0 Å². The number of aromatic nitrogens is 1. The lowest BCUT2D eigenvalue weighted by Gasteiger charge is -2.15. The van der Waals surface area contributed by atoms with Gasteiger partial charge in [-0.05, 0) is 53.0 Å². The van der Waals surface area contributed by atoms with Gasteiger partial charge in [0.1, 0.15) is 10.7 Å². The molecule has 0 aliphatic carbocycles. The highest BCUT2D eigenvalue weighted by molar-refractivity contribution is 9.10. The zero-order chi connectivity index (χ0) is 15.6. The fourth-order valence-corrected chi connectivity index (χ4v) is 4.23. The second kappa shape index (κ2) is 6.36. The number of nitrogens with zero attached hydrogens (tertiary/aromatic N) is 2. The summed E-state index contributed by atoms with van der Waals surface area (Å²) in [6.07, 6.45) is 3.26. The van der Waals surface area contributed by atoms with Crippen LogP contribution in [0.1, 0.15) is 12.8 Å². The van der Waals surface area contributed by atoms with Crippen LogP contribution in [0.5, 0.6) is 0 Å². The first-order chi connectivity index (χ1) is 10.6. The fraction of sp³-hybridized carbons (Fsp3) is 0.267. The van der Waals surface area contributed by atoms with Gasteiger partial charge in [0.05, 0.1) is 5.69 Å². The molecule has 1 aromatic carbocycles. The molecule has 0 atom stereocenters. The molecule has 22 heavy (non-hydrogen) atoms. The second-order valence-electron chi connectivity index (χ2n) is 5.10. The van der Waals surface area contributed by atoms with Crippen LogP contribution in [0.25, 0.3) is 0 Å². The standard InChI is InChI=1S/C15H16BrN3O2S/c16-13-5-1-2-6-14(13)18-15-8-7-12(11-17-15)22(20,21)19-9-3-4-10-19/h1-2,5-8,11H,3-4,9-10H2,(H,17,18). The van der Waals surface area contributed by atoms with E-state index in [1.165, 1.54) is 10.5 Å². The highest BCUT2D eigenvalue weighted by Crippen LogP contribution is 2.25. The zero-order valence-electron chi connectivity index (χ0n) is 11.9. The van der Waals surface area contributed by atoms with Gasteiger partial charge in [-0.25, -0.2) is 13.4 Å². The summed E-state index contributed by atoms with van der Waals surface area (Å²) in [4.78, 5) is 4.46. The van der Waals surface area contributed by atoms with E-state index in [9.17, 15) is 8.42 Å². The molecule has 5 nitrogen and oxygen atoms in total. The summed E-state index contributed by atoms with van der Waals surface area (Å²) in [6, 6.07) is 11.0. The van der Waals surface area contributed by atoms with Crippen molar-refractivity contribution in [1.29, 1.82) is 0 Å². The molecule has 1 fully saturated rings. The Morgan fingerprint density at radius 2 is 1.82 bits per heavy atom. The van der Waals surface area contributed by atoms with E-state index in [1.54, 1.807) is 12.1 Å². The Morgan fingerprint density at radius 3 is 2.45 bits per heavy atom. The summed E-state index contributed by atoms with van der Waals surface area (Å²) < 4.78 is 27.3. The molecule has 1 saturated heterocycles. The summed E-state index contributed by atoms with van der Waals surface area (Å²) in [5.74, 6) is 0.604. The lowest BCUT2D eigenvalue weighted by molar-refractivity contribution is 0.477. The Bertz CT molecular complexity index is 757. The summed E-state index contributed by atoms with van der Waals surface area (Å²) in [7, 11) is -3.40. The molecule has 0 unspecified atom stereocenters. The third kappa shape index (κ3) is 3.16. The van der Waals surface area contributed by atoms with Crippen molar-refractivity contribution in [2.24, 2.45) is 0 Å². The van der Waals surface area contributed by atoms with E-state index in [0.717, 1.165) is 23.0 Å². The Kier molecular flexibility index (Phi) is 4.46. The van der Waals surface area contributed by atoms with Gasteiger partial charge in [-0.1, -0.05) is 12.1 Å². The molecule has 0 spiro atoms. The van der Waals surface area contributed by atoms with Crippen molar-refractivity contribution < 1.29 is 8.42 Å². The number of anilines is 2. The predicted molar refractivity (Wildman–Crippen MR) is 89.7 cm³/mol. The van der Waals surface area contributed by atoms with E-state index in [0.29, 0.717) is 18.9 Å². The molecule has 3 rings (SSSR count). The minimum absolute atomic E-state index is 0.243. The molecule has 2 aromatic rings. The quantitative estimate of drug-likeness (QED) is 0.881. The lowest BCUT2D eigenvalue weighted by atomic mass is 10.3. The molecule has 1 aromatic heterocycles. The van der Waals surface area contributed by atoms with Crippen LogP contribution in [-0.4, -0.2) is 30.8 Å². The van der Waals surface area contributed by atoms with Gasteiger partial charge in [0.2, 0.25) is 10.0 Å². The number of nitrogens with one attached hydrogen (secondary N) is 1. The van der Waals surface area contributed by atoms with Crippen LogP contribution >= 0.6 is 15.9 Å². The highest BCUT2D eigenvalue weighted by Gasteiger charge is 2.27. The largest absolute Gasteiger partial charge is 0.339 e. The topological polar surface area (TPSA) is 62.3 Å². The number of para-hydroxylation sites is 1. The van der Waals surface area contributed by atoms with E-state index in [1.807, 2.05) is 24.3 Å². The summed E-state index contributed by atoms with van der Waals surface area (Å²) >= 11 is 3.45. The van der Waals surface area contributed by atoms with Gasteiger partial charge in [0.25, 0.3) is 0 Å². The number of hydrogen-bond acceptors (Lipinski definition) is 4. The molecule has 0 radical (unpaired) electrons. The average molecular weight is 382 g/mol. The molecule has 7 heteroatoms. The third-order valence-corrected chi connectivity index (χ3v) is 6.15. The van der Waals surface area contributed by atoms with Crippen LogP contribution in [0.15, 0.2) is 52.0 Å². The molecule has 1 N–H and O–H groups in total. The molecular weight excluding hydrogens is 366 g/mol. The van der Waals surface area contributed by atoms with Crippen molar-refractivity contribution in [3.05, 3.63) is 47.1 Å². The number of hydrogen-bond donors (Lipinski definition) is 1. The first-order valence-electron chi connectivity index (χ1n) is 7.05. The van der Waals surface area contributed by atoms with Gasteiger partial charge < -0.3 is 5.32 Å². The SMILES string of the molecule is O=S(=O)(c1ccc(Nc2ccccc2Br)nc1)N1CCCC1. The normalized spacial score (nSPS) is 15.9. The number of sulfonamides is 1. The molecule has 1 aliphatic heterocycles. The molecule has 0 bridgehead atoms. The maximum atomic E-state index is 12.4. The Morgan fingerprint density at radius 1 is 1.09 bits per heavy atom. The predicted octanol–water partition coefficient (Wildman–Crippen LogP) is 3.37. The first-order valence-corrected chi connectivity index (χ1v) is 9.28. The Labute approximate surface area is 138 Å². The molecule has 0 amide bonds. The van der Waals surface area contributed by atoms with Crippen LogP contribution in [0.2, 0.25) is 0 Å². The summed E-state index contributed by atoms with van der Waals surface area (Å²) in [5, 5.41) is 3.15. The van der Waals surface area contributed by atoms with Crippen LogP contribution < -0.4 is 5.32 Å². The lowest BCUT2D eigenvalue weighted by Crippen LogP contribution is -2.27. The zero-order valence-corrected chi connectivity index (χ0v) is 14.3. The Hall–Kier alpha value is -1.44. The monoisotopic (exact) mass is 381 g/mol. The first kappa shape index (κ1) is 15.5. The van der Waals surface area contributed by atoms with Crippen molar-refractivity contribution in [3.8, 4) is 0 Å². The Balaban J connectivity index is 1.80. The van der Waals surface area contributed by atoms with Crippen LogP contribution in [0, 0.1) is 0 Å². The highest BCUT2D eigenvalue weighted by atomic mass is 79.9. The molecular formula is C15H16BrN3O2S. The number of halogens is 1. The molecule has 116 valence electrons. The number of benzene rings is 1. The van der Waals surface area contributed by atoms with Crippen LogP contribution in [0.4, 0.5) is 11.5 Å². The maximum absolute atomic E-state index is 12.4. The van der Waals surface area contributed by atoms with Crippen molar-refractivity contribution in [1.82, 2.24) is 9.29 Å². The van der Waals surface area contributed by atoms with Gasteiger partial charge >= 0.3 is 0 Å². The van der Waals surface area contributed by atoms with Gasteiger partial charge in [-0.3, -0.25) is 0 Å². The van der Waals surface area contributed by atoms with Gasteiger partial charge in [-0.2, -0.15) is 4.31 Å². The van der Waals surface area contributed by atoms with Crippen molar-refractivity contribution in [2.75, 3.05) is 18.4 Å². The fourth-order valence-electron chi connectivity index (χ4n) is 2.38. The minimum atomic E-state index is -3.40. The van der Waals surface area contributed by atoms with E-state index in [-0.39, 0.29) is 4.90 Å². The number of pyridine rings is 1. The number of rotatable bonds is 4. The maximum Gasteiger partial charge on any atom is 0.244 e. The minimum Gasteiger partial charge on any atom is -0.339 e. The summed E-state index contributed by atoms with van der Waals surface area (Å²) in [5.41, 5.74) is 0.880. The van der Waals surface area contributed by atoms with E-state index in [2.05, 4.69) is 26.2 Å². The average Bonchev–Trinajstić information content (AvgIpc) is 3.05. The van der Waals surface area contributed by atoms with Crippen molar-refractivity contribution in [3.63, 3.8) is 0 Å². The van der Waals surface area contributed by atoms with Crippen LogP contribution in [0.3, 0.4) is 0 Å². The van der Waals surface area contributed by atoms with E-state index in [4.69, 9.17) is 0 Å². The smallest absolute Gasteiger partial charge is 0.244 e. The second-order valence-corrected chi connectivity index (χ2v) is 7.89. The van der Waals surface area contributed by atoms with Crippen molar-refractivity contribution >= 4 is 37.5 Å². The van der Waals surface area contributed by atoms with Gasteiger partial charge in [-0.15, -0.1) is 0 Å². The van der Waals surface area contributed by atoms with Gasteiger partial charge in [0, 0.05) is 23.8 Å². The molecule has 0 saturated carbocycles. The van der Waals surface area contributed by atoms with E-state index >= 15 is 0 Å². The summed E-state index contributed by atoms with van der Waals surface area (Å²) in [6.45, 7) is 1.19.